The normalized spacial score (nSPS) is 14.7. The van der Waals surface area contributed by atoms with E-state index in [1.54, 1.807) is 4.90 Å². The van der Waals surface area contributed by atoms with Crippen molar-refractivity contribution in [3.05, 3.63) is 33.9 Å². The second-order valence-electron chi connectivity index (χ2n) is 5.86. The van der Waals surface area contributed by atoms with Gasteiger partial charge in [-0.15, -0.1) is 0 Å². The number of nitro benzene ring substituents is 1. The van der Waals surface area contributed by atoms with E-state index in [4.69, 9.17) is 0 Å². The first kappa shape index (κ1) is 19.8. The number of esters is 1. The third kappa shape index (κ3) is 4.57. The SMILES string of the molecule is CCOC(=O)CS(=O)(=O)c1ccc(C(=O)N2CCCCC2)cc1[N+](=O)[O-]. The number of hydrogen-bond donors (Lipinski definition) is 0. The third-order valence-electron chi connectivity index (χ3n) is 3.99. The van der Waals surface area contributed by atoms with Crippen molar-refractivity contribution in [2.24, 2.45) is 0 Å². The Morgan fingerprint density at radius 2 is 1.88 bits per heavy atom. The van der Waals surface area contributed by atoms with E-state index in [0.717, 1.165) is 31.4 Å². The van der Waals surface area contributed by atoms with Crippen LogP contribution in [0, 0.1) is 10.1 Å². The summed E-state index contributed by atoms with van der Waals surface area (Å²) in [6.45, 7) is 2.65. The predicted molar refractivity (Wildman–Crippen MR) is 91.5 cm³/mol. The molecule has 0 unspecified atom stereocenters. The molecule has 1 aromatic rings. The maximum atomic E-state index is 12.5. The molecule has 1 saturated heterocycles. The van der Waals surface area contributed by atoms with Crippen LogP contribution in [-0.2, 0) is 19.4 Å². The number of likely N-dealkylation sites (tertiary alicyclic amines) is 1. The Bertz CT molecular complexity index is 814. The number of carbonyl (C=O) groups excluding carboxylic acids is 2. The van der Waals surface area contributed by atoms with Crippen LogP contribution in [0.4, 0.5) is 5.69 Å². The number of hydrogen-bond acceptors (Lipinski definition) is 7. The molecule has 1 aliphatic heterocycles. The highest BCUT2D eigenvalue weighted by atomic mass is 32.2. The molecule has 0 spiro atoms. The van der Waals surface area contributed by atoms with Crippen LogP contribution >= 0.6 is 0 Å². The molecule has 0 bridgehead atoms. The van der Waals surface area contributed by atoms with Gasteiger partial charge in [0.25, 0.3) is 11.6 Å². The monoisotopic (exact) mass is 384 g/mol. The lowest BCUT2D eigenvalue weighted by Gasteiger charge is -2.26. The Hall–Kier alpha value is -2.49. The van der Waals surface area contributed by atoms with Gasteiger partial charge in [0.1, 0.15) is 4.90 Å². The lowest BCUT2D eigenvalue weighted by Crippen LogP contribution is -2.35. The Morgan fingerprint density at radius 1 is 1.23 bits per heavy atom. The van der Waals surface area contributed by atoms with Gasteiger partial charge in [0.05, 0.1) is 11.5 Å². The number of amides is 1. The number of nitro groups is 1. The van der Waals surface area contributed by atoms with E-state index in [-0.39, 0.29) is 18.1 Å². The molecule has 0 radical (unpaired) electrons. The fourth-order valence-electron chi connectivity index (χ4n) is 2.77. The highest BCUT2D eigenvalue weighted by molar-refractivity contribution is 7.92. The standard InChI is InChI=1S/C16H20N2O7S/c1-2-25-15(19)11-26(23,24)14-7-6-12(10-13(14)18(21)22)16(20)17-8-4-3-5-9-17/h6-7,10H,2-5,8-9,11H2,1H3. The van der Waals surface area contributed by atoms with Crippen molar-refractivity contribution in [3.8, 4) is 0 Å². The van der Waals surface area contributed by atoms with Crippen LogP contribution in [0.3, 0.4) is 0 Å². The van der Waals surface area contributed by atoms with E-state index in [0.29, 0.717) is 13.1 Å². The smallest absolute Gasteiger partial charge is 0.321 e. The zero-order chi connectivity index (χ0) is 19.3. The van der Waals surface area contributed by atoms with E-state index in [1.807, 2.05) is 0 Å². The third-order valence-corrected chi connectivity index (χ3v) is 5.63. The number of benzene rings is 1. The average molecular weight is 384 g/mol. The first-order valence-electron chi connectivity index (χ1n) is 8.22. The Morgan fingerprint density at radius 3 is 2.46 bits per heavy atom. The van der Waals surface area contributed by atoms with Crippen molar-refractivity contribution in [1.82, 2.24) is 4.90 Å². The summed E-state index contributed by atoms with van der Waals surface area (Å²) in [6, 6.07) is 3.20. The van der Waals surface area contributed by atoms with Crippen molar-refractivity contribution in [3.63, 3.8) is 0 Å². The summed E-state index contributed by atoms with van der Waals surface area (Å²) in [5.41, 5.74) is -0.675. The highest BCUT2D eigenvalue weighted by Crippen LogP contribution is 2.27. The molecule has 0 N–H and O–H groups in total. The molecule has 1 amide bonds. The predicted octanol–water partition coefficient (Wildman–Crippen LogP) is 1.56. The molecule has 0 aliphatic carbocycles. The van der Waals surface area contributed by atoms with Gasteiger partial charge in [-0.3, -0.25) is 19.7 Å². The Labute approximate surface area is 151 Å². The van der Waals surface area contributed by atoms with Gasteiger partial charge in [0, 0.05) is 24.7 Å². The van der Waals surface area contributed by atoms with Gasteiger partial charge in [0.15, 0.2) is 15.6 Å². The minimum atomic E-state index is -4.27. The number of nitrogens with zero attached hydrogens (tertiary/aromatic N) is 2. The van der Waals surface area contributed by atoms with Crippen LogP contribution in [0.2, 0.25) is 0 Å². The first-order valence-corrected chi connectivity index (χ1v) is 9.87. The zero-order valence-electron chi connectivity index (χ0n) is 14.3. The molecular formula is C16H20N2O7S. The molecule has 142 valence electrons. The van der Waals surface area contributed by atoms with Gasteiger partial charge in [-0.1, -0.05) is 0 Å². The molecule has 0 aromatic heterocycles. The summed E-state index contributed by atoms with van der Waals surface area (Å²) in [7, 11) is -4.27. The van der Waals surface area contributed by atoms with Crippen molar-refractivity contribution in [2.45, 2.75) is 31.1 Å². The van der Waals surface area contributed by atoms with E-state index in [1.165, 1.54) is 13.0 Å². The minimum Gasteiger partial charge on any atom is -0.465 e. The average Bonchev–Trinajstić information content (AvgIpc) is 2.61. The van der Waals surface area contributed by atoms with E-state index >= 15 is 0 Å². The number of rotatable bonds is 6. The summed E-state index contributed by atoms with van der Waals surface area (Å²) >= 11 is 0. The van der Waals surface area contributed by atoms with Crippen LogP contribution in [0.25, 0.3) is 0 Å². The highest BCUT2D eigenvalue weighted by Gasteiger charge is 2.30. The van der Waals surface area contributed by atoms with Crippen LogP contribution in [0.5, 0.6) is 0 Å². The van der Waals surface area contributed by atoms with Crippen molar-refractivity contribution in [2.75, 3.05) is 25.4 Å². The molecule has 0 atom stereocenters. The quantitative estimate of drug-likeness (QED) is 0.414. The molecule has 0 saturated carbocycles. The molecule has 2 rings (SSSR count). The number of ether oxygens (including phenoxy) is 1. The van der Waals surface area contributed by atoms with Gasteiger partial charge in [-0.25, -0.2) is 8.42 Å². The molecule has 1 aliphatic rings. The topological polar surface area (TPSA) is 124 Å². The molecule has 26 heavy (non-hydrogen) atoms. The Kier molecular flexibility index (Phi) is 6.30. The maximum Gasteiger partial charge on any atom is 0.321 e. The van der Waals surface area contributed by atoms with Crippen LogP contribution < -0.4 is 0 Å². The van der Waals surface area contributed by atoms with Crippen LogP contribution in [0.1, 0.15) is 36.5 Å². The van der Waals surface area contributed by atoms with Crippen LogP contribution in [-0.4, -0.2) is 55.6 Å². The zero-order valence-corrected chi connectivity index (χ0v) is 15.2. The number of carbonyl (C=O) groups is 2. The van der Waals surface area contributed by atoms with Gasteiger partial charge in [0.2, 0.25) is 0 Å². The summed E-state index contributed by atoms with van der Waals surface area (Å²) < 4.78 is 29.2. The molecule has 1 fully saturated rings. The summed E-state index contributed by atoms with van der Waals surface area (Å²) in [4.78, 5) is 35.4. The van der Waals surface area contributed by atoms with Gasteiger partial charge in [-0.2, -0.15) is 0 Å². The molecule has 1 aromatic carbocycles. The van der Waals surface area contributed by atoms with Crippen LogP contribution in [0.15, 0.2) is 23.1 Å². The number of piperidine rings is 1. The van der Waals surface area contributed by atoms with Crippen molar-refractivity contribution >= 4 is 27.4 Å². The molecule has 9 nitrogen and oxygen atoms in total. The van der Waals surface area contributed by atoms with Gasteiger partial charge in [-0.05, 0) is 38.3 Å². The maximum absolute atomic E-state index is 12.5. The molecule has 1 heterocycles. The molecular weight excluding hydrogens is 364 g/mol. The fraction of sp³-hybridized carbons (Fsp3) is 0.500. The van der Waals surface area contributed by atoms with Gasteiger partial charge >= 0.3 is 5.97 Å². The Balaban J connectivity index is 2.35. The van der Waals surface area contributed by atoms with E-state index in [9.17, 15) is 28.1 Å². The second kappa shape index (κ2) is 8.26. The fourth-order valence-corrected chi connectivity index (χ4v) is 4.05. The summed E-state index contributed by atoms with van der Waals surface area (Å²) in [6.07, 6.45) is 2.74. The van der Waals surface area contributed by atoms with Gasteiger partial charge < -0.3 is 9.64 Å². The minimum absolute atomic E-state index is 0.000277. The molecule has 10 heteroatoms. The lowest BCUT2D eigenvalue weighted by molar-refractivity contribution is -0.387. The summed E-state index contributed by atoms with van der Waals surface area (Å²) in [5, 5.41) is 11.3. The van der Waals surface area contributed by atoms with E-state index < -0.39 is 37.1 Å². The van der Waals surface area contributed by atoms with E-state index in [2.05, 4.69) is 4.74 Å². The second-order valence-corrected chi connectivity index (χ2v) is 7.81. The summed E-state index contributed by atoms with van der Waals surface area (Å²) in [5.74, 6) is -2.36. The largest absolute Gasteiger partial charge is 0.465 e. The number of sulfone groups is 1. The lowest BCUT2D eigenvalue weighted by atomic mass is 10.1. The first-order chi connectivity index (χ1) is 12.3. The van der Waals surface area contributed by atoms with Crippen molar-refractivity contribution in [1.29, 1.82) is 0 Å². The van der Waals surface area contributed by atoms with Crippen molar-refractivity contribution < 1.29 is 27.7 Å².